The molecular formula is C40H52N2O9S. The fraction of sp³-hybridized carbons (Fsp3) is 0.450. The van der Waals surface area contributed by atoms with Crippen LogP contribution in [0.15, 0.2) is 91.0 Å². The predicted molar refractivity (Wildman–Crippen MR) is 201 cm³/mol. The average Bonchev–Trinajstić information content (AvgIpc) is 3.12. The Bertz CT molecular complexity index is 1410. The van der Waals surface area contributed by atoms with Crippen molar-refractivity contribution in [2.75, 3.05) is 58.5 Å². The van der Waals surface area contributed by atoms with Crippen molar-refractivity contribution in [1.82, 2.24) is 10.6 Å². The Kier molecular flexibility index (Phi) is 18.4. The van der Waals surface area contributed by atoms with Crippen LogP contribution in [0.4, 0.5) is 0 Å². The maximum Gasteiger partial charge on any atom is 0.319 e. The number of carboxylic acids is 1. The van der Waals surface area contributed by atoms with Crippen LogP contribution >= 0.6 is 11.8 Å². The van der Waals surface area contributed by atoms with Crippen LogP contribution in [-0.4, -0.2) is 92.9 Å². The summed E-state index contributed by atoms with van der Waals surface area (Å²) in [5, 5.41) is 14.2. The van der Waals surface area contributed by atoms with E-state index in [2.05, 4.69) is 47.0 Å². The van der Waals surface area contributed by atoms with E-state index < -0.39 is 34.1 Å². The Morgan fingerprint density at radius 3 is 1.54 bits per heavy atom. The lowest BCUT2D eigenvalue weighted by Gasteiger charge is -2.36. The molecule has 1 atom stereocenters. The first kappa shape index (κ1) is 42.2. The largest absolute Gasteiger partial charge is 0.481 e. The second-order valence-electron chi connectivity index (χ2n) is 12.9. The number of rotatable bonds is 24. The summed E-state index contributed by atoms with van der Waals surface area (Å²) in [4.78, 5) is 49.3. The zero-order valence-corrected chi connectivity index (χ0v) is 31.2. The third kappa shape index (κ3) is 14.8. The molecule has 0 unspecified atom stereocenters. The van der Waals surface area contributed by atoms with Crippen molar-refractivity contribution >= 4 is 35.5 Å². The molecular weight excluding hydrogens is 685 g/mol. The molecule has 0 spiro atoms. The van der Waals surface area contributed by atoms with Gasteiger partial charge >= 0.3 is 11.9 Å². The van der Waals surface area contributed by atoms with Crippen LogP contribution in [-0.2, 0) is 42.9 Å². The highest BCUT2D eigenvalue weighted by molar-refractivity contribution is 8.00. The van der Waals surface area contributed by atoms with E-state index in [0.717, 1.165) is 16.7 Å². The van der Waals surface area contributed by atoms with Crippen molar-refractivity contribution < 1.29 is 43.2 Å². The van der Waals surface area contributed by atoms with E-state index in [0.29, 0.717) is 46.0 Å². The Balaban J connectivity index is 1.50. The first-order valence-corrected chi connectivity index (χ1v) is 18.5. The van der Waals surface area contributed by atoms with Crippen molar-refractivity contribution in [3.05, 3.63) is 108 Å². The molecule has 0 saturated heterocycles. The molecule has 0 radical (unpaired) electrons. The molecule has 282 valence electrons. The van der Waals surface area contributed by atoms with Crippen LogP contribution < -0.4 is 10.6 Å². The Labute approximate surface area is 311 Å². The van der Waals surface area contributed by atoms with Crippen molar-refractivity contribution in [3.63, 3.8) is 0 Å². The van der Waals surface area contributed by atoms with Gasteiger partial charge in [0.25, 0.3) is 0 Å². The number of benzene rings is 3. The van der Waals surface area contributed by atoms with Gasteiger partial charge in [0.15, 0.2) is 0 Å². The minimum atomic E-state index is -1.08. The Hall–Kier alpha value is -4.23. The number of carboxylic acid groups (broad SMARTS) is 1. The molecule has 12 heteroatoms. The van der Waals surface area contributed by atoms with E-state index in [4.69, 9.17) is 24.1 Å². The second kappa shape index (κ2) is 22.7. The molecule has 2 amide bonds. The summed E-state index contributed by atoms with van der Waals surface area (Å²) in [7, 11) is 0. The van der Waals surface area contributed by atoms with Gasteiger partial charge in [0.2, 0.25) is 11.8 Å². The number of amides is 2. The topological polar surface area (TPSA) is 149 Å². The first-order valence-electron chi connectivity index (χ1n) is 17.6. The molecule has 0 aromatic heterocycles. The summed E-state index contributed by atoms with van der Waals surface area (Å²) in [6.07, 6.45) is 0.437. The highest BCUT2D eigenvalue weighted by Crippen LogP contribution is 2.49. The fourth-order valence-electron chi connectivity index (χ4n) is 5.26. The van der Waals surface area contributed by atoms with Crippen molar-refractivity contribution in [2.24, 2.45) is 5.92 Å². The molecule has 11 nitrogen and oxygen atoms in total. The SMILES string of the molecule is CC(C)(C)OC(=O)[C@H](CSC(c1ccccc1)(c1ccccc1)c1ccccc1)C(=O)NCCOCCOCCOCCNC(=O)CCCC(=O)O. The van der Waals surface area contributed by atoms with E-state index in [9.17, 15) is 19.2 Å². The smallest absolute Gasteiger partial charge is 0.319 e. The normalized spacial score (nSPS) is 12.1. The van der Waals surface area contributed by atoms with Gasteiger partial charge in [0.1, 0.15) is 11.5 Å². The third-order valence-electron chi connectivity index (χ3n) is 7.67. The number of esters is 1. The minimum Gasteiger partial charge on any atom is -0.481 e. The minimum absolute atomic E-state index is 0.0331. The molecule has 0 aliphatic carbocycles. The molecule has 0 aliphatic rings. The van der Waals surface area contributed by atoms with E-state index in [1.165, 1.54) is 11.8 Å². The van der Waals surface area contributed by atoms with Gasteiger partial charge in [0.05, 0.1) is 44.4 Å². The Morgan fingerprint density at radius 2 is 1.10 bits per heavy atom. The van der Waals surface area contributed by atoms with Gasteiger partial charge in [-0.3, -0.25) is 19.2 Å². The van der Waals surface area contributed by atoms with E-state index >= 15 is 0 Å². The van der Waals surface area contributed by atoms with Crippen molar-refractivity contribution in [2.45, 2.75) is 50.4 Å². The van der Waals surface area contributed by atoms with Crippen LogP contribution in [0, 0.1) is 5.92 Å². The summed E-state index contributed by atoms with van der Waals surface area (Å²) in [6, 6.07) is 30.3. The summed E-state index contributed by atoms with van der Waals surface area (Å²) in [6.45, 7) is 7.76. The van der Waals surface area contributed by atoms with Gasteiger partial charge in [-0.1, -0.05) is 91.0 Å². The van der Waals surface area contributed by atoms with E-state index in [-0.39, 0.29) is 37.7 Å². The predicted octanol–water partition coefficient (Wildman–Crippen LogP) is 5.21. The average molecular weight is 737 g/mol. The van der Waals surface area contributed by atoms with Gasteiger partial charge in [-0.05, 0) is 43.9 Å². The molecule has 0 aliphatic heterocycles. The highest BCUT2D eigenvalue weighted by Gasteiger charge is 2.40. The molecule has 3 N–H and O–H groups in total. The number of hydrogen-bond acceptors (Lipinski definition) is 9. The summed E-state index contributed by atoms with van der Waals surface area (Å²) in [5.74, 6) is -3.06. The number of carbonyl (C=O) groups is 4. The quantitative estimate of drug-likeness (QED) is 0.0485. The Morgan fingerprint density at radius 1 is 0.654 bits per heavy atom. The molecule has 0 fully saturated rings. The lowest BCUT2D eigenvalue weighted by atomic mass is 9.84. The van der Waals surface area contributed by atoms with E-state index in [1.54, 1.807) is 20.8 Å². The van der Waals surface area contributed by atoms with Gasteiger partial charge in [-0.25, -0.2) is 0 Å². The van der Waals surface area contributed by atoms with Crippen molar-refractivity contribution in [1.29, 1.82) is 0 Å². The van der Waals surface area contributed by atoms with Gasteiger partial charge in [0, 0.05) is 31.7 Å². The lowest BCUT2D eigenvalue weighted by Crippen LogP contribution is -2.42. The number of nitrogens with one attached hydrogen (secondary N) is 2. The standard InChI is InChI=1S/C40H52N2O9S/c1-39(2,3)51-38(47)34(37(46)42-23-25-49-27-29-50-28-26-48-24-22-41-35(43)20-13-21-36(44)45)30-52-40(31-14-7-4-8-15-31,32-16-9-5-10-17-32)33-18-11-6-12-19-33/h4-12,14-19,34H,13,20-30H2,1-3H3,(H,41,43)(H,42,46)(H,44,45)/t34-/m1/s1. The molecule has 3 rings (SSSR count). The fourth-order valence-corrected chi connectivity index (χ4v) is 6.88. The molecule has 52 heavy (non-hydrogen) atoms. The van der Waals surface area contributed by atoms with Crippen LogP contribution in [0.2, 0.25) is 0 Å². The van der Waals surface area contributed by atoms with Crippen LogP contribution in [0.1, 0.15) is 56.7 Å². The summed E-state index contributed by atoms with van der Waals surface area (Å²) >= 11 is 1.53. The van der Waals surface area contributed by atoms with Crippen LogP contribution in [0.5, 0.6) is 0 Å². The maximum atomic E-state index is 13.6. The summed E-state index contributed by atoms with van der Waals surface area (Å²) in [5.41, 5.74) is 2.30. The number of thioether (sulfide) groups is 1. The first-order chi connectivity index (χ1) is 25.0. The van der Waals surface area contributed by atoms with Crippen LogP contribution in [0.25, 0.3) is 0 Å². The molecule has 3 aromatic carbocycles. The van der Waals surface area contributed by atoms with Crippen LogP contribution in [0.3, 0.4) is 0 Å². The van der Waals surface area contributed by atoms with Gasteiger partial charge < -0.3 is 34.7 Å². The number of ether oxygens (including phenoxy) is 4. The van der Waals surface area contributed by atoms with Gasteiger partial charge in [-0.15, -0.1) is 11.8 Å². The molecule has 3 aromatic rings. The monoisotopic (exact) mass is 736 g/mol. The van der Waals surface area contributed by atoms with Gasteiger partial charge in [-0.2, -0.15) is 0 Å². The molecule has 0 bridgehead atoms. The second-order valence-corrected chi connectivity index (χ2v) is 14.1. The molecule has 0 heterocycles. The lowest BCUT2D eigenvalue weighted by molar-refractivity contribution is -0.161. The number of carbonyl (C=O) groups excluding carboxylic acids is 3. The zero-order chi connectivity index (χ0) is 37.7. The summed E-state index contributed by atoms with van der Waals surface area (Å²) < 4.78 is 21.6. The third-order valence-corrected chi connectivity index (χ3v) is 9.31. The van der Waals surface area contributed by atoms with Crippen molar-refractivity contribution in [3.8, 4) is 0 Å². The molecule has 0 saturated carbocycles. The number of hydrogen-bond donors (Lipinski definition) is 3. The highest BCUT2D eigenvalue weighted by atomic mass is 32.2. The maximum absolute atomic E-state index is 13.6. The number of aliphatic carboxylic acids is 1. The zero-order valence-electron chi connectivity index (χ0n) is 30.3. The van der Waals surface area contributed by atoms with E-state index in [1.807, 2.05) is 54.6 Å².